The van der Waals surface area contributed by atoms with E-state index < -0.39 is 5.91 Å². The number of hydrogen-bond donors (Lipinski definition) is 2. The lowest BCUT2D eigenvalue weighted by molar-refractivity contribution is -0.120. The minimum absolute atomic E-state index is 0.0290. The van der Waals surface area contributed by atoms with E-state index in [4.69, 9.17) is 10.5 Å². The molecule has 1 saturated heterocycles. The molecule has 1 aromatic carbocycles. The van der Waals surface area contributed by atoms with Gasteiger partial charge in [0.15, 0.2) is 5.75 Å². The molecule has 1 aliphatic heterocycles. The number of primary amides is 1. The first-order valence-corrected chi connectivity index (χ1v) is 6.70. The monoisotopic (exact) mass is 291 g/mol. The van der Waals surface area contributed by atoms with Crippen molar-refractivity contribution in [2.75, 3.05) is 23.3 Å². The van der Waals surface area contributed by atoms with Crippen molar-refractivity contribution in [2.45, 2.75) is 19.8 Å². The van der Waals surface area contributed by atoms with Gasteiger partial charge in [-0.25, -0.2) is 0 Å². The van der Waals surface area contributed by atoms with Gasteiger partial charge >= 0.3 is 0 Å². The number of anilines is 2. The highest BCUT2D eigenvalue weighted by molar-refractivity contribution is 6.03. The molecule has 0 aromatic heterocycles. The molecule has 1 fully saturated rings. The van der Waals surface area contributed by atoms with E-state index in [2.05, 4.69) is 5.32 Å². The summed E-state index contributed by atoms with van der Waals surface area (Å²) in [7, 11) is 0. The molecule has 1 aliphatic rings. The van der Waals surface area contributed by atoms with Crippen LogP contribution in [-0.2, 0) is 9.59 Å². The van der Waals surface area contributed by atoms with Crippen molar-refractivity contribution in [1.29, 1.82) is 0 Å². The van der Waals surface area contributed by atoms with Crippen molar-refractivity contribution in [3.8, 4) is 5.75 Å². The fourth-order valence-corrected chi connectivity index (χ4v) is 2.38. The fourth-order valence-electron chi connectivity index (χ4n) is 2.38. The largest absolute Gasteiger partial charge is 0.426 e. The zero-order valence-corrected chi connectivity index (χ0v) is 11.7. The molecule has 0 unspecified atom stereocenters. The van der Waals surface area contributed by atoms with Crippen LogP contribution < -0.4 is 20.7 Å². The standard InChI is InChI=1S/C14H17N3O4/c1-2-16-13-10(14(15)20)6-9(7-11(13)21-8-18)17-5-3-4-12(17)19/h6-8,16H,2-5H2,1H3,(H2,15,20). The summed E-state index contributed by atoms with van der Waals surface area (Å²) in [5.74, 6) is -0.508. The first kappa shape index (κ1) is 14.8. The maximum Gasteiger partial charge on any atom is 0.298 e. The maximum atomic E-state index is 11.8. The van der Waals surface area contributed by atoms with Gasteiger partial charge in [-0.3, -0.25) is 14.4 Å². The van der Waals surface area contributed by atoms with E-state index in [1.165, 1.54) is 0 Å². The van der Waals surface area contributed by atoms with Gasteiger partial charge in [-0.15, -0.1) is 0 Å². The van der Waals surface area contributed by atoms with Crippen LogP contribution in [-0.4, -0.2) is 31.4 Å². The highest BCUT2D eigenvalue weighted by atomic mass is 16.5. The Hall–Kier alpha value is -2.57. The van der Waals surface area contributed by atoms with Gasteiger partial charge in [0.1, 0.15) is 0 Å². The van der Waals surface area contributed by atoms with Gasteiger partial charge in [0.25, 0.3) is 12.4 Å². The van der Waals surface area contributed by atoms with Gasteiger partial charge < -0.3 is 20.7 Å². The summed E-state index contributed by atoms with van der Waals surface area (Å²) in [6.07, 6.45) is 1.22. The molecule has 0 bridgehead atoms. The van der Waals surface area contributed by atoms with Gasteiger partial charge in [0.2, 0.25) is 5.91 Å². The molecule has 0 saturated carbocycles. The molecule has 7 heteroatoms. The van der Waals surface area contributed by atoms with E-state index in [1.54, 1.807) is 17.0 Å². The van der Waals surface area contributed by atoms with Crippen LogP contribution in [0.1, 0.15) is 30.1 Å². The summed E-state index contributed by atoms with van der Waals surface area (Å²) >= 11 is 0. The summed E-state index contributed by atoms with van der Waals surface area (Å²) in [4.78, 5) is 35.7. The Balaban J connectivity index is 2.55. The number of carbonyl (C=O) groups is 3. The first-order valence-electron chi connectivity index (χ1n) is 6.70. The number of nitrogens with one attached hydrogen (secondary N) is 1. The van der Waals surface area contributed by atoms with E-state index in [0.29, 0.717) is 30.9 Å². The lowest BCUT2D eigenvalue weighted by atomic mass is 10.1. The van der Waals surface area contributed by atoms with Crippen molar-refractivity contribution >= 4 is 29.7 Å². The average Bonchev–Trinajstić information content (AvgIpc) is 2.87. The highest BCUT2D eigenvalue weighted by Crippen LogP contribution is 2.35. The molecule has 7 nitrogen and oxygen atoms in total. The van der Waals surface area contributed by atoms with E-state index in [0.717, 1.165) is 6.42 Å². The summed E-state index contributed by atoms with van der Waals surface area (Å²) in [5.41, 5.74) is 6.43. The SMILES string of the molecule is CCNc1c(OC=O)cc(N2CCCC2=O)cc1C(N)=O. The number of nitrogens with two attached hydrogens (primary N) is 1. The summed E-state index contributed by atoms with van der Waals surface area (Å²) in [5, 5.41) is 2.95. The summed E-state index contributed by atoms with van der Waals surface area (Å²) < 4.78 is 4.93. The Morgan fingerprint density at radius 2 is 2.29 bits per heavy atom. The lowest BCUT2D eigenvalue weighted by Crippen LogP contribution is -2.25. The Morgan fingerprint density at radius 3 is 2.81 bits per heavy atom. The number of nitrogens with zero attached hydrogens (tertiary/aromatic N) is 1. The molecule has 1 heterocycles. The van der Waals surface area contributed by atoms with E-state index in [1.807, 2.05) is 6.92 Å². The molecule has 0 spiro atoms. The number of amides is 2. The predicted molar refractivity (Wildman–Crippen MR) is 77.4 cm³/mol. The van der Waals surface area contributed by atoms with Crippen LogP contribution in [0.25, 0.3) is 0 Å². The third-order valence-corrected chi connectivity index (χ3v) is 3.27. The van der Waals surface area contributed by atoms with E-state index in [-0.39, 0.29) is 23.7 Å². The quantitative estimate of drug-likeness (QED) is 0.757. The predicted octanol–water partition coefficient (Wildman–Crippen LogP) is 0.879. The summed E-state index contributed by atoms with van der Waals surface area (Å²) in [6, 6.07) is 3.10. The van der Waals surface area contributed by atoms with Crippen LogP contribution in [0.5, 0.6) is 5.75 Å². The number of benzene rings is 1. The Bertz CT molecular complexity index is 586. The third kappa shape index (κ3) is 2.96. The number of carbonyl (C=O) groups excluding carboxylic acids is 3. The Morgan fingerprint density at radius 1 is 1.52 bits per heavy atom. The number of hydrogen-bond acceptors (Lipinski definition) is 5. The first-order chi connectivity index (χ1) is 10.1. The molecule has 2 rings (SSSR count). The van der Waals surface area contributed by atoms with Gasteiger partial charge in [-0.2, -0.15) is 0 Å². The zero-order valence-electron chi connectivity index (χ0n) is 11.7. The van der Waals surface area contributed by atoms with Crippen LogP contribution in [0.4, 0.5) is 11.4 Å². The normalized spacial score (nSPS) is 14.1. The number of rotatable bonds is 6. The molecular weight excluding hydrogens is 274 g/mol. The Labute approximate surface area is 122 Å². The van der Waals surface area contributed by atoms with Crippen molar-refractivity contribution in [1.82, 2.24) is 0 Å². The molecule has 112 valence electrons. The Kier molecular flexibility index (Phi) is 4.42. The summed E-state index contributed by atoms with van der Waals surface area (Å²) in [6.45, 7) is 3.21. The van der Waals surface area contributed by atoms with Crippen molar-refractivity contribution in [3.05, 3.63) is 17.7 Å². The van der Waals surface area contributed by atoms with Crippen LogP contribution in [0.15, 0.2) is 12.1 Å². The molecule has 21 heavy (non-hydrogen) atoms. The van der Waals surface area contributed by atoms with Gasteiger partial charge in [0, 0.05) is 31.3 Å². The molecular formula is C14H17N3O4. The van der Waals surface area contributed by atoms with Gasteiger partial charge in [-0.05, 0) is 19.4 Å². The van der Waals surface area contributed by atoms with Crippen molar-refractivity contribution < 1.29 is 19.1 Å². The molecule has 1 aromatic rings. The van der Waals surface area contributed by atoms with Gasteiger partial charge in [0.05, 0.1) is 11.3 Å². The fraction of sp³-hybridized carbons (Fsp3) is 0.357. The topological polar surface area (TPSA) is 102 Å². The minimum atomic E-state index is -0.657. The lowest BCUT2D eigenvalue weighted by Gasteiger charge is -2.20. The second kappa shape index (κ2) is 6.25. The molecule has 0 aliphatic carbocycles. The van der Waals surface area contributed by atoms with Crippen molar-refractivity contribution in [3.63, 3.8) is 0 Å². The molecule has 0 atom stereocenters. The maximum absolute atomic E-state index is 11.8. The van der Waals surface area contributed by atoms with Crippen LogP contribution in [0.3, 0.4) is 0 Å². The van der Waals surface area contributed by atoms with Gasteiger partial charge in [-0.1, -0.05) is 0 Å². The average molecular weight is 291 g/mol. The van der Waals surface area contributed by atoms with Crippen LogP contribution in [0, 0.1) is 0 Å². The van der Waals surface area contributed by atoms with Crippen LogP contribution in [0.2, 0.25) is 0 Å². The minimum Gasteiger partial charge on any atom is -0.426 e. The highest BCUT2D eigenvalue weighted by Gasteiger charge is 2.25. The second-order valence-corrected chi connectivity index (χ2v) is 4.62. The zero-order chi connectivity index (χ0) is 15.4. The molecule has 3 N–H and O–H groups in total. The molecule has 2 amide bonds. The second-order valence-electron chi connectivity index (χ2n) is 4.62. The smallest absolute Gasteiger partial charge is 0.298 e. The molecule has 0 radical (unpaired) electrons. The third-order valence-electron chi connectivity index (χ3n) is 3.27. The van der Waals surface area contributed by atoms with Crippen LogP contribution >= 0.6 is 0 Å². The van der Waals surface area contributed by atoms with Crippen molar-refractivity contribution in [2.24, 2.45) is 5.73 Å². The number of ether oxygens (including phenoxy) is 1. The van der Waals surface area contributed by atoms with E-state index in [9.17, 15) is 14.4 Å². The van der Waals surface area contributed by atoms with E-state index >= 15 is 0 Å².